The molecule has 0 aliphatic carbocycles. The summed E-state index contributed by atoms with van der Waals surface area (Å²) in [7, 11) is 0. The van der Waals surface area contributed by atoms with Gasteiger partial charge in [-0.25, -0.2) is 4.84 Å². The van der Waals surface area contributed by atoms with Crippen LogP contribution in [0.2, 0.25) is 0 Å². The van der Waals surface area contributed by atoms with Crippen LogP contribution in [0.5, 0.6) is 0 Å². The van der Waals surface area contributed by atoms with E-state index >= 15 is 0 Å². The molecule has 0 aliphatic heterocycles. The van der Waals surface area contributed by atoms with E-state index in [1.54, 1.807) is 24.3 Å². The molecule has 0 aliphatic rings. The van der Waals surface area contributed by atoms with Crippen LogP contribution in [0.1, 0.15) is 42.6 Å². The third-order valence-corrected chi connectivity index (χ3v) is 3.38. The Morgan fingerprint density at radius 3 is 2.33 bits per heavy atom. The van der Waals surface area contributed by atoms with Gasteiger partial charge in [-0.2, -0.15) is 0 Å². The van der Waals surface area contributed by atoms with Crippen LogP contribution in [0, 0.1) is 11.8 Å². The Morgan fingerprint density at radius 2 is 1.83 bits per heavy atom. The lowest BCUT2D eigenvalue weighted by atomic mass is 9.94. The number of carboxylic acid groups (broad SMARTS) is 1. The van der Waals surface area contributed by atoms with Crippen LogP contribution >= 0.6 is 0 Å². The summed E-state index contributed by atoms with van der Waals surface area (Å²) in [6.45, 7) is 4.27. The van der Waals surface area contributed by atoms with Crippen LogP contribution in [0.4, 0.5) is 0 Å². The molecule has 0 heterocycles. The minimum absolute atomic E-state index is 0.0214. The molecule has 0 spiro atoms. The molecule has 0 fully saturated rings. The maximum atomic E-state index is 12.1. The summed E-state index contributed by atoms with van der Waals surface area (Å²) in [5.74, 6) is -0.920. The Bertz CT molecular complexity index is 530. The van der Waals surface area contributed by atoms with Gasteiger partial charge in [-0.1, -0.05) is 26.0 Å². The van der Waals surface area contributed by atoms with E-state index in [9.17, 15) is 9.59 Å². The molecule has 0 saturated heterocycles. The maximum absolute atomic E-state index is 12.1. The summed E-state index contributed by atoms with van der Waals surface area (Å²) in [4.78, 5) is 27.5. The Kier molecular flexibility index (Phi) is 8.34. The molecule has 1 aromatic carbocycles. The molecule has 0 radical (unpaired) electrons. The van der Waals surface area contributed by atoms with Crippen molar-refractivity contribution in [1.29, 1.82) is 0 Å². The number of hydrogen-bond acceptors (Lipinski definition) is 6. The number of aliphatic carboxylic acids is 1. The van der Waals surface area contributed by atoms with Crippen LogP contribution < -0.4 is 5.32 Å². The number of carboxylic acids is 1. The standard InChI is InChI=1S/C16H24N2O6/c1-11(2)7-13(8-15(19)20)9-17-16(21)14-5-3-12(4-6-14)10-24-18(22)23/h3-6,11,13,22-23H,7-10H2,1-2H3,(H,17,21)(H,19,20). The Balaban J connectivity index is 2.54. The van der Waals surface area contributed by atoms with E-state index in [4.69, 9.17) is 15.5 Å². The van der Waals surface area contributed by atoms with E-state index in [0.717, 1.165) is 6.42 Å². The Labute approximate surface area is 140 Å². The molecule has 24 heavy (non-hydrogen) atoms. The average molecular weight is 340 g/mol. The second-order valence-electron chi connectivity index (χ2n) is 6.03. The van der Waals surface area contributed by atoms with Crippen molar-refractivity contribution in [2.45, 2.75) is 33.3 Å². The smallest absolute Gasteiger partial charge is 0.303 e. The minimum Gasteiger partial charge on any atom is -0.481 e. The van der Waals surface area contributed by atoms with Crippen molar-refractivity contribution in [3.63, 3.8) is 0 Å². The highest BCUT2D eigenvalue weighted by atomic mass is 17.1. The number of nitrogens with one attached hydrogen (secondary N) is 1. The summed E-state index contributed by atoms with van der Waals surface area (Å²) in [6, 6.07) is 6.42. The average Bonchev–Trinajstić information content (AvgIpc) is 2.49. The van der Waals surface area contributed by atoms with Gasteiger partial charge < -0.3 is 10.4 Å². The molecule has 1 rings (SSSR count). The number of hydrogen-bond donors (Lipinski definition) is 4. The molecule has 1 amide bonds. The van der Waals surface area contributed by atoms with Gasteiger partial charge in [0.1, 0.15) is 0 Å². The van der Waals surface area contributed by atoms with Crippen molar-refractivity contribution in [2.75, 3.05) is 6.54 Å². The first-order valence-corrected chi connectivity index (χ1v) is 7.67. The first kappa shape index (κ1) is 20.0. The van der Waals surface area contributed by atoms with Crippen molar-refractivity contribution in [2.24, 2.45) is 11.8 Å². The molecular formula is C16H24N2O6. The zero-order chi connectivity index (χ0) is 18.1. The van der Waals surface area contributed by atoms with Crippen LogP contribution in [-0.2, 0) is 16.2 Å². The van der Waals surface area contributed by atoms with E-state index < -0.39 is 5.97 Å². The fourth-order valence-electron chi connectivity index (χ4n) is 2.38. The third kappa shape index (κ3) is 8.02. The van der Waals surface area contributed by atoms with Gasteiger partial charge >= 0.3 is 5.97 Å². The first-order valence-electron chi connectivity index (χ1n) is 7.67. The van der Waals surface area contributed by atoms with E-state index in [1.165, 1.54) is 0 Å². The quantitative estimate of drug-likeness (QED) is 0.481. The van der Waals surface area contributed by atoms with Crippen LogP contribution in [-0.4, -0.2) is 39.3 Å². The lowest BCUT2D eigenvalue weighted by Gasteiger charge is -2.17. The van der Waals surface area contributed by atoms with E-state index in [1.807, 2.05) is 13.8 Å². The summed E-state index contributed by atoms with van der Waals surface area (Å²) >= 11 is 0. The predicted octanol–water partition coefficient (Wildman–Crippen LogP) is 2.07. The van der Waals surface area contributed by atoms with Crippen molar-refractivity contribution in [1.82, 2.24) is 10.7 Å². The maximum Gasteiger partial charge on any atom is 0.303 e. The highest BCUT2D eigenvalue weighted by Crippen LogP contribution is 2.15. The lowest BCUT2D eigenvalue weighted by molar-refractivity contribution is -0.497. The highest BCUT2D eigenvalue weighted by Gasteiger charge is 2.16. The fraction of sp³-hybridized carbons (Fsp3) is 0.500. The molecule has 0 bridgehead atoms. The summed E-state index contributed by atoms with van der Waals surface area (Å²) < 4.78 is 0. The van der Waals surface area contributed by atoms with Crippen molar-refractivity contribution in [3.05, 3.63) is 35.4 Å². The summed E-state index contributed by atoms with van der Waals surface area (Å²) in [6.07, 6.45) is 0.745. The normalized spacial score (nSPS) is 12.4. The van der Waals surface area contributed by atoms with Gasteiger partial charge in [0, 0.05) is 18.5 Å². The zero-order valence-corrected chi connectivity index (χ0v) is 13.8. The van der Waals surface area contributed by atoms with Gasteiger partial charge in [0.2, 0.25) is 0 Å². The third-order valence-electron chi connectivity index (χ3n) is 3.38. The summed E-state index contributed by atoms with van der Waals surface area (Å²) in [5.41, 5.74) is 1.09. The number of carbonyl (C=O) groups is 2. The number of rotatable bonds is 10. The van der Waals surface area contributed by atoms with E-state index in [-0.39, 0.29) is 30.2 Å². The lowest BCUT2D eigenvalue weighted by Crippen LogP contribution is -2.31. The molecule has 1 unspecified atom stereocenters. The molecular weight excluding hydrogens is 316 g/mol. The molecule has 1 aromatic rings. The number of nitrogens with zero attached hydrogens (tertiary/aromatic N) is 1. The van der Waals surface area contributed by atoms with Crippen LogP contribution in [0.3, 0.4) is 0 Å². The van der Waals surface area contributed by atoms with Gasteiger partial charge in [-0.3, -0.25) is 20.0 Å². The molecule has 1 atom stereocenters. The Morgan fingerprint density at radius 1 is 1.21 bits per heavy atom. The minimum atomic E-state index is -0.874. The monoisotopic (exact) mass is 340 g/mol. The first-order chi connectivity index (χ1) is 11.3. The SMILES string of the molecule is CC(C)CC(CNC(=O)c1ccc(CON(O)O)cc1)CC(=O)O. The predicted molar refractivity (Wildman–Crippen MR) is 84.2 cm³/mol. The van der Waals surface area contributed by atoms with Gasteiger partial charge in [0.05, 0.1) is 12.0 Å². The Hall–Kier alpha value is -2.00. The second-order valence-corrected chi connectivity index (χ2v) is 6.03. The fourth-order valence-corrected chi connectivity index (χ4v) is 2.38. The second kappa shape index (κ2) is 9.99. The van der Waals surface area contributed by atoms with Gasteiger partial charge in [0.25, 0.3) is 5.91 Å². The molecule has 8 nitrogen and oxygen atoms in total. The van der Waals surface area contributed by atoms with Crippen molar-refractivity contribution < 1.29 is 29.9 Å². The van der Waals surface area contributed by atoms with Gasteiger partial charge in [-0.15, -0.1) is 0 Å². The topological polar surface area (TPSA) is 119 Å². The number of carbonyl (C=O) groups excluding carboxylic acids is 1. The van der Waals surface area contributed by atoms with Crippen LogP contribution in [0.25, 0.3) is 0 Å². The number of amides is 1. The van der Waals surface area contributed by atoms with Crippen molar-refractivity contribution in [3.8, 4) is 0 Å². The van der Waals surface area contributed by atoms with Crippen molar-refractivity contribution >= 4 is 11.9 Å². The zero-order valence-electron chi connectivity index (χ0n) is 13.8. The van der Waals surface area contributed by atoms with Crippen LogP contribution in [0.15, 0.2) is 24.3 Å². The highest BCUT2D eigenvalue weighted by molar-refractivity contribution is 5.94. The molecule has 8 heteroatoms. The molecule has 4 N–H and O–H groups in total. The largest absolute Gasteiger partial charge is 0.481 e. The van der Waals surface area contributed by atoms with Gasteiger partial charge in [0.15, 0.2) is 0 Å². The molecule has 134 valence electrons. The van der Waals surface area contributed by atoms with E-state index in [2.05, 4.69) is 10.2 Å². The van der Waals surface area contributed by atoms with Gasteiger partial charge in [-0.05, 0) is 36.0 Å². The van der Waals surface area contributed by atoms with E-state index in [0.29, 0.717) is 23.6 Å². The molecule has 0 aromatic heterocycles. The molecule has 0 saturated carbocycles. The number of benzene rings is 1. The summed E-state index contributed by atoms with van der Waals surface area (Å²) in [5, 5.41) is 28.2.